The average molecular weight is 300 g/mol. The first-order valence-corrected chi connectivity index (χ1v) is 4.95. The minimum absolute atomic E-state index is 0.0702. The van der Waals surface area contributed by atoms with E-state index < -0.39 is 17.8 Å². The molecular weight excluding hydrogens is 291 g/mol. The third-order valence-electron chi connectivity index (χ3n) is 1.99. The van der Waals surface area contributed by atoms with Crippen molar-refractivity contribution in [3.8, 4) is 5.75 Å². The van der Waals surface area contributed by atoms with E-state index in [9.17, 15) is 13.2 Å². The van der Waals surface area contributed by atoms with Crippen molar-refractivity contribution in [3.63, 3.8) is 0 Å². The lowest BCUT2D eigenvalue weighted by atomic mass is 10.1. The summed E-state index contributed by atoms with van der Waals surface area (Å²) >= 11 is 3.07. The number of anilines is 1. The number of methoxy groups -OCH3 is 1. The monoisotopic (exact) mass is 299 g/mol. The third-order valence-corrected chi connectivity index (χ3v) is 2.61. The number of nitrogen functional groups attached to an aromatic ring is 1. The fourth-order valence-corrected chi connectivity index (χ4v) is 1.72. The van der Waals surface area contributed by atoms with Gasteiger partial charge >= 0.3 is 6.18 Å². The number of benzene rings is 1. The highest BCUT2D eigenvalue weighted by Gasteiger charge is 2.40. The van der Waals surface area contributed by atoms with Crippen LogP contribution in [0.5, 0.6) is 5.75 Å². The quantitative estimate of drug-likeness (QED) is 0.826. The van der Waals surface area contributed by atoms with Crippen molar-refractivity contribution < 1.29 is 23.0 Å². The summed E-state index contributed by atoms with van der Waals surface area (Å²) in [4.78, 5) is 0. The van der Waals surface area contributed by atoms with E-state index in [4.69, 9.17) is 15.6 Å². The first-order valence-electron chi connectivity index (χ1n) is 4.15. The largest absolute Gasteiger partial charge is 0.493 e. The fraction of sp³-hybridized carbons (Fsp3) is 0.333. The zero-order valence-corrected chi connectivity index (χ0v) is 9.76. The van der Waals surface area contributed by atoms with Crippen LogP contribution in [0.1, 0.15) is 11.7 Å². The van der Waals surface area contributed by atoms with E-state index in [0.29, 0.717) is 4.47 Å². The van der Waals surface area contributed by atoms with Crippen LogP contribution < -0.4 is 10.5 Å². The Morgan fingerprint density at radius 3 is 2.44 bits per heavy atom. The van der Waals surface area contributed by atoms with Gasteiger partial charge in [-0.2, -0.15) is 13.2 Å². The number of aliphatic hydroxyl groups is 1. The number of hydrogen-bond donors (Lipinski definition) is 2. The number of hydrogen-bond acceptors (Lipinski definition) is 3. The summed E-state index contributed by atoms with van der Waals surface area (Å²) in [7, 11) is 1.28. The molecule has 0 saturated heterocycles. The minimum Gasteiger partial charge on any atom is -0.493 e. The molecule has 1 atom stereocenters. The predicted molar refractivity (Wildman–Crippen MR) is 56.1 cm³/mol. The Labute approximate surface area is 98.1 Å². The predicted octanol–water partition coefficient (Wildman–Crippen LogP) is 2.64. The van der Waals surface area contributed by atoms with Gasteiger partial charge in [-0.15, -0.1) is 0 Å². The van der Waals surface area contributed by atoms with Gasteiger partial charge in [-0.1, -0.05) is 6.07 Å². The van der Waals surface area contributed by atoms with Gasteiger partial charge in [0.05, 0.1) is 17.3 Å². The lowest BCUT2D eigenvalue weighted by Gasteiger charge is -2.18. The molecule has 90 valence electrons. The summed E-state index contributed by atoms with van der Waals surface area (Å²) in [6.45, 7) is 0. The fourth-order valence-electron chi connectivity index (χ4n) is 1.21. The Hall–Kier alpha value is -0.950. The van der Waals surface area contributed by atoms with Crippen LogP contribution in [0, 0.1) is 0 Å². The van der Waals surface area contributed by atoms with Crippen LogP contribution in [0.15, 0.2) is 16.6 Å². The molecule has 3 N–H and O–H groups in total. The summed E-state index contributed by atoms with van der Waals surface area (Å²) in [6.07, 6.45) is -7.37. The van der Waals surface area contributed by atoms with Crippen LogP contribution in [-0.2, 0) is 0 Å². The second-order valence-electron chi connectivity index (χ2n) is 3.03. The Morgan fingerprint density at radius 2 is 2.00 bits per heavy atom. The van der Waals surface area contributed by atoms with Gasteiger partial charge in [0.2, 0.25) is 0 Å². The molecule has 0 bridgehead atoms. The van der Waals surface area contributed by atoms with E-state index in [1.807, 2.05) is 0 Å². The molecule has 1 unspecified atom stereocenters. The molecule has 0 spiro atoms. The van der Waals surface area contributed by atoms with Crippen molar-refractivity contribution in [2.45, 2.75) is 12.3 Å². The summed E-state index contributed by atoms with van der Waals surface area (Å²) in [6, 6.07) is 2.43. The molecule has 0 heterocycles. The van der Waals surface area contributed by atoms with Crippen LogP contribution in [0.4, 0.5) is 18.9 Å². The van der Waals surface area contributed by atoms with Gasteiger partial charge in [-0.3, -0.25) is 0 Å². The van der Waals surface area contributed by atoms with Crippen molar-refractivity contribution in [1.82, 2.24) is 0 Å². The zero-order valence-electron chi connectivity index (χ0n) is 8.18. The van der Waals surface area contributed by atoms with Gasteiger partial charge in [0.1, 0.15) is 0 Å². The summed E-state index contributed by atoms with van der Waals surface area (Å²) < 4.78 is 42.1. The molecule has 3 nitrogen and oxygen atoms in total. The van der Waals surface area contributed by atoms with E-state index in [1.54, 1.807) is 0 Å². The lowest BCUT2D eigenvalue weighted by molar-refractivity contribution is -0.206. The number of halogens is 4. The smallest absolute Gasteiger partial charge is 0.418 e. The van der Waals surface area contributed by atoms with Crippen LogP contribution >= 0.6 is 15.9 Å². The van der Waals surface area contributed by atoms with E-state index in [0.717, 1.165) is 6.07 Å². The Kier molecular flexibility index (Phi) is 3.69. The maximum absolute atomic E-state index is 12.3. The van der Waals surface area contributed by atoms with Gasteiger partial charge in [0.25, 0.3) is 0 Å². The highest BCUT2D eigenvalue weighted by molar-refractivity contribution is 9.10. The average Bonchev–Trinajstić information content (AvgIpc) is 2.16. The molecule has 1 aromatic rings. The number of alkyl halides is 3. The topological polar surface area (TPSA) is 55.5 Å². The number of rotatable bonds is 2. The Bertz CT molecular complexity index is 395. The highest BCUT2D eigenvalue weighted by Crippen LogP contribution is 2.41. The number of nitrogens with two attached hydrogens (primary N) is 1. The molecule has 0 aliphatic carbocycles. The molecule has 0 saturated carbocycles. The van der Waals surface area contributed by atoms with E-state index >= 15 is 0 Å². The van der Waals surface area contributed by atoms with Crippen molar-refractivity contribution in [2.24, 2.45) is 0 Å². The third kappa shape index (κ3) is 2.41. The number of aliphatic hydroxyl groups excluding tert-OH is 1. The van der Waals surface area contributed by atoms with Crippen molar-refractivity contribution in [3.05, 3.63) is 22.2 Å². The molecule has 0 aliphatic rings. The first-order chi connectivity index (χ1) is 7.29. The molecule has 0 radical (unpaired) electrons. The van der Waals surface area contributed by atoms with Gasteiger partial charge < -0.3 is 15.6 Å². The van der Waals surface area contributed by atoms with Crippen molar-refractivity contribution in [1.29, 1.82) is 0 Å². The lowest BCUT2D eigenvalue weighted by Crippen LogP contribution is -2.21. The summed E-state index contributed by atoms with van der Waals surface area (Å²) in [5.74, 6) is 0.0702. The highest BCUT2D eigenvalue weighted by atomic mass is 79.9. The van der Waals surface area contributed by atoms with Crippen LogP contribution in [-0.4, -0.2) is 18.4 Å². The summed E-state index contributed by atoms with van der Waals surface area (Å²) in [5, 5.41) is 9.07. The number of ether oxygens (including phenoxy) is 1. The zero-order chi connectivity index (χ0) is 12.5. The molecule has 0 amide bonds. The molecular formula is C9H9BrF3NO2. The van der Waals surface area contributed by atoms with Gasteiger partial charge in [-0.25, -0.2) is 0 Å². The molecule has 1 rings (SSSR count). The van der Waals surface area contributed by atoms with E-state index in [-0.39, 0.29) is 11.4 Å². The minimum atomic E-state index is -4.76. The van der Waals surface area contributed by atoms with Crippen LogP contribution in [0.2, 0.25) is 0 Å². The van der Waals surface area contributed by atoms with Gasteiger partial charge in [-0.05, 0) is 22.0 Å². The van der Waals surface area contributed by atoms with E-state index in [2.05, 4.69) is 15.9 Å². The van der Waals surface area contributed by atoms with Crippen LogP contribution in [0.3, 0.4) is 0 Å². The Morgan fingerprint density at radius 1 is 1.44 bits per heavy atom. The normalized spacial score (nSPS) is 13.6. The van der Waals surface area contributed by atoms with Crippen molar-refractivity contribution >= 4 is 21.6 Å². The van der Waals surface area contributed by atoms with Crippen LogP contribution in [0.25, 0.3) is 0 Å². The molecule has 0 aromatic heterocycles. The maximum Gasteiger partial charge on any atom is 0.418 e. The summed E-state index contributed by atoms with van der Waals surface area (Å²) in [5.41, 5.74) is 4.82. The SMILES string of the molecule is COc1c(Br)ccc(C(O)C(F)(F)F)c1N. The standard InChI is InChI=1S/C9H9BrF3NO2/c1-16-7-5(10)3-2-4(6(7)14)8(15)9(11,12)13/h2-3,8,15H,14H2,1H3. The first kappa shape index (κ1) is 13.1. The Balaban J connectivity index is 3.26. The second kappa shape index (κ2) is 4.50. The van der Waals surface area contributed by atoms with Crippen molar-refractivity contribution in [2.75, 3.05) is 12.8 Å². The molecule has 16 heavy (non-hydrogen) atoms. The van der Waals surface area contributed by atoms with Gasteiger partial charge in [0.15, 0.2) is 11.9 Å². The second-order valence-corrected chi connectivity index (χ2v) is 3.88. The van der Waals surface area contributed by atoms with E-state index in [1.165, 1.54) is 13.2 Å². The van der Waals surface area contributed by atoms with Gasteiger partial charge in [0, 0.05) is 5.56 Å². The maximum atomic E-state index is 12.3. The molecule has 0 fully saturated rings. The molecule has 0 aliphatic heterocycles. The molecule has 7 heteroatoms. The molecule has 1 aromatic carbocycles.